The second kappa shape index (κ2) is 11.1. The first kappa shape index (κ1) is 24.6. The maximum absolute atomic E-state index is 13.2. The van der Waals surface area contributed by atoms with Crippen molar-refractivity contribution in [3.63, 3.8) is 0 Å². The largest absolute Gasteiger partial charge is 0.379 e. The van der Waals surface area contributed by atoms with Gasteiger partial charge in [0, 0.05) is 44.0 Å². The number of morpholine rings is 1. The Morgan fingerprint density at radius 2 is 2.17 bits per heavy atom. The number of hydrogen-bond donors (Lipinski definition) is 3. The SMILES string of the molecule is Cl.Cl.Nc1nc(CCNC(=O)[C@@]23CC[C@H](N4CCOCC4)C[C@H]2CCNC3)cs1. The van der Waals surface area contributed by atoms with Crippen molar-refractivity contribution in [2.45, 2.75) is 38.1 Å². The first-order chi connectivity index (χ1) is 13.2. The lowest BCUT2D eigenvalue weighted by atomic mass is 9.61. The Hall–Kier alpha value is -0.640. The Morgan fingerprint density at radius 1 is 1.38 bits per heavy atom. The van der Waals surface area contributed by atoms with Crippen molar-refractivity contribution >= 4 is 47.2 Å². The lowest BCUT2D eigenvalue weighted by Gasteiger charge is -2.50. The van der Waals surface area contributed by atoms with Crippen molar-refractivity contribution < 1.29 is 9.53 Å². The highest BCUT2D eigenvalue weighted by atomic mass is 35.5. The molecule has 10 heteroatoms. The quantitative estimate of drug-likeness (QED) is 0.612. The molecule has 0 radical (unpaired) electrons. The molecular formula is C19H33Cl2N5O2S. The number of hydrogen-bond acceptors (Lipinski definition) is 7. The summed E-state index contributed by atoms with van der Waals surface area (Å²) in [5.74, 6) is 0.693. The molecule has 1 amide bonds. The topological polar surface area (TPSA) is 92.5 Å². The second-order valence-electron chi connectivity index (χ2n) is 8.08. The second-order valence-corrected chi connectivity index (χ2v) is 8.97. The van der Waals surface area contributed by atoms with Gasteiger partial charge in [-0.3, -0.25) is 9.69 Å². The fraction of sp³-hybridized carbons (Fsp3) is 0.789. The molecule has 3 fully saturated rings. The normalized spacial score (nSPS) is 29.8. The Bertz CT molecular complexity index is 658. The van der Waals surface area contributed by atoms with Gasteiger partial charge in [-0.05, 0) is 38.1 Å². The zero-order valence-corrected chi connectivity index (χ0v) is 19.2. The number of nitrogens with two attached hydrogens (primary N) is 1. The monoisotopic (exact) mass is 465 g/mol. The van der Waals surface area contributed by atoms with Crippen molar-refractivity contribution in [2.75, 3.05) is 51.7 Å². The van der Waals surface area contributed by atoms with E-state index in [1.165, 1.54) is 11.3 Å². The fourth-order valence-electron chi connectivity index (χ4n) is 5.09. The number of thiazole rings is 1. The lowest BCUT2D eigenvalue weighted by Crippen LogP contribution is -2.60. The molecule has 0 bridgehead atoms. The summed E-state index contributed by atoms with van der Waals surface area (Å²) >= 11 is 1.45. The number of nitrogens with one attached hydrogen (secondary N) is 2. The molecule has 1 aromatic heterocycles. The number of nitrogen functional groups attached to an aromatic ring is 1. The molecule has 3 aliphatic rings. The van der Waals surface area contributed by atoms with E-state index in [1.54, 1.807) is 0 Å². The summed E-state index contributed by atoms with van der Waals surface area (Å²) in [6, 6.07) is 0.607. The van der Waals surface area contributed by atoms with Crippen LogP contribution in [0.15, 0.2) is 5.38 Å². The van der Waals surface area contributed by atoms with E-state index in [4.69, 9.17) is 10.5 Å². The van der Waals surface area contributed by atoms with Gasteiger partial charge >= 0.3 is 0 Å². The smallest absolute Gasteiger partial charge is 0.227 e. The lowest BCUT2D eigenvalue weighted by molar-refractivity contribution is -0.140. The van der Waals surface area contributed by atoms with Crippen LogP contribution in [0.4, 0.5) is 5.13 Å². The third kappa shape index (κ3) is 5.54. The average molecular weight is 466 g/mol. The molecule has 3 heterocycles. The Morgan fingerprint density at radius 3 is 2.90 bits per heavy atom. The third-order valence-electron chi connectivity index (χ3n) is 6.62. The Kier molecular flexibility index (Phi) is 9.44. The maximum Gasteiger partial charge on any atom is 0.227 e. The summed E-state index contributed by atoms with van der Waals surface area (Å²) in [5.41, 5.74) is 6.40. The van der Waals surface area contributed by atoms with Gasteiger partial charge in [-0.25, -0.2) is 4.98 Å². The zero-order valence-electron chi connectivity index (χ0n) is 16.7. The summed E-state index contributed by atoms with van der Waals surface area (Å²) < 4.78 is 5.51. The summed E-state index contributed by atoms with van der Waals surface area (Å²) in [6.07, 6.45) is 5.05. The Balaban J connectivity index is 0.00000150. The maximum atomic E-state index is 13.2. The van der Waals surface area contributed by atoms with Crippen LogP contribution in [0.2, 0.25) is 0 Å². The van der Waals surface area contributed by atoms with E-state index in [0.29, 0.717) is 23.6 Å². The highest BCUT2D eigenvalue weighted by Crippen LogP contribution is 2.46. The van der Waals surface area contributed by atoms with E-state index in [2.05, 4.69) is 20.5 Å². The molecule has 166 valence electrons. The molecular weight excluding hydrogens is 433 g/mol. The number of amides is 1. The first-order valence-electron chi connectivity index (χ1n) is 10.2. The number of fused-ring (bicyclic) bond motifs is 1. The van der Waals surface area contributed by atoms with Crippen LogP contribution >= 0.6 is 36.2 Å². The van der Waals surface area contributed by atoms with Crippen LogP contribution in [0.25, 0.3) is 0 Å². The summed E-state index contributed by atoms with van der Waals surface area (Å²) in [5, 5.41) is 9.26. The Labute approximate surface area is 189 Å². The first-order valence-corrected chi connectivity index (χ1v) is 11.1. The van der Waals surface area contributed by atoms with E-state index in [-0.39, 0.29) is 36.1 Å². The number of piperidine rings is 1. The van der Waals surface area contributed by atoms with E-state index in [0.717, 1.165) is 77.2 Å². The molecule has 1 aromatic rings. The third-order valence-corrected chi connectivity index (χ3v) is 7.34. The van der Waals surface area contributed by atoms with E-state index in [9.17, 15) is 4.79 Å². The van der Waals surface area contributed by atoms with Gasteiger partial charge in [0.15, 0.2) is 5.13 Å². The molecule has 2 aliphatic heterocycles. The molecule has 4 rings (SSSR count). The van der Waals surface area contributed by atoms with Crippen LogP contribution in [0.1, 0.15) is 31.4 Å². The number of ether oxygens (including phenoxy) is 1. The molecule has 7 nitrogen and oxygen atoms in total. The number of aromatic nitrogens is 1. The highest BCUT2D eigenvalue weighted by Gasteiger charge is 2.50. The minimum absolute atomic E-state index is 0. The van der Waals surface area contributed by atoms with Crippen LogP contribution in [0.5, 0.6) is 0 Å². The molecule has 1 saturated carbocycles. The van der Waals surface area contributed by atoms with Crippen LogP contribution in [0.3, 0.4) is 0 Å². The van der Waals surface area contributed by atoms with Gasteiger partial charge in [-0.15, -0.1) is 36.2 Å². The van der Waals surface area contributed by atoms with Crippen molar-refractivity contribution in [3.05, 3.63) is 11.1 Å². The van der Waals surface area contributed by atoms with Gasteiger partial charge in [-0.2, -0.15) is 0 Å². The number of rotatable bonds is 5. The van der Waals surface area contributed by atoms with Gasteiger partial charge < -0.3 is 21.1 Å². The molecule has 4 N–H and O–H groups in total. The summed E-state index contributed by atoms with van der Waals surface area (Å²) in [4.78, 5) is 20.1. The minimum atomic E-state index is -0.248. The van der Waals surface area contributed by atoms with Gasteiger partial charge in [-0.1, -0.05) is 0 Å². The van der Waals surface area contributed by atoms with Crippen molar-refractivity contribution in [2.24, 2.45) is 11.3 Å². The van der Waals surface area contributed by atoms with Crippen molar-refractivity contribution in [1.29, 1.82) is 0 Å². The standard InChI is InChI=1S/C19H31N5O2S.2ClH/c20-18-23-15(12-27-18)3-6-22-17(25)19-4-1-16(24-7-9-26-10-8-24)11-14(19)2-5-21-13-19;;/h12,14,16,21H,1-11,13H2,(H2,20,23)(H,22,25);2*1H/t14-,16+,19-;;/m1../s1. The number of carbonyl (C=O) groups excluding carboxylic acids is 1. The molecule has 0 aromatic carbocycles. The number of nitrogens with zero attached hydrogens (tertiary/aromatic N) is 2. The predicted molar refractivity (Wildman–Crippen MR) is 121 cm³/mol. The molecule has 2 saturated heterocycles. The van der Waals surface area contributed by atoms with Gasteiger partial charge in [0.25, 0.3) is 0 Å². The van der Waals surface area contributed by atoms with Crippen LogP contribution in [-0.2, 0) is 16.0 Å². The zero-order chi connectivity index (χ0) is 18.7. The van der Waals surface area contributed by atoms with Crippen molar-refractivity contribution in [3.8, 4) is 0 Å². The van der Waals surface area contributed by atoms with E-state index in [1.807, 2.05) is 5.38 Å². The van der Waals surface area contributed by atoms with E-state index < -0.39 is 0 Å². The van der Waals surface area contributed by atoms with E-state index >= 15 is 0 Å². The van der Waals surface area contributed by atoms with Crippen LogP contribution in [-0.4, -0.2) is 67.8 Å². The summed E-state index contributed by atoms with van der Waals surface area (Å²) in [7, 11) is 0. The molecule has 1 aliphatic carbocycles. The van der Waals surface area contributed by atoms with Gasteiger partial charge in [0.1, 0.15) is 0 Å². The van der Waals surface area contributed by atoms with Crippen molar-refractivity contribution in [1.82, 2.24) is 20.5 Å². The fourth-order valence-corrected chi connectivity index (χ4v) is 5.68. The van der Waals surface area contributed by atoms with Crippen LogP contribution < -0.4 is 16.4 Å². The average Bonchev–Trinajstić information content (AvgIpc) is 3.13. The summed E-state index contributed by atoms with van der Waals surface area (Å²) in [6.45, 7) is 6.21. The van der Waals surface area contributed by atoms with Gasteiger partial charge in [0.2, 0.25) is 5.91 Å². The minimum Gasteiger partial charge on any atom is -0.379 e. The van der Waals surface area contributed by atoms with Crippen LogP contribution in [0, 0.1) is 11.3 Å². The number of anilines is 1. The predicted octanol–water partition coefficient (Wildman–Crippen LogP) is 1.71. The molecule has 3 atom stereocenters. The number of halogens is 2. The molecule has 0 unspecified atom stereocenters. The van der Waals surface area contributed by atoms with Gasteiger partial charge in [0.05, 0.1) is 24.3 Å². The molecule has 29 heavy (non-hydrogen) atoms. The molecule has 0 spiro atoms. The number of carbonyl (C=O) groups is 1. The highest BCUT2D eigenvalue weighted by molar-refractivity contribution is 7.13.